The highest BCUT2D eigenvalue weighted by Crippen LogP contribution is 2.09. The SMILES string of the molecule is CC.CNCC=O.CNCCCCC(NC(=O)CN(C)C)C(=O)NCCCN(CCCNC(=O)[C@H](CCCCNC(=O)CNC)NC(=O)CN(C)C)C(=O)c1c[nH]ccc1=S. The number of amides is 6. The molecule has 0 radical (unpaired) electrons. The van der Waals surface area contributed by atoms with E-state index >= 15 is 0 Å². The second-order valence-electron chi connectivity index (χ2n) is 14.4. The number of nitrogens with zero attached hydrogens (tertiary/aromatic N) is 3. The third-order valence-corrected chi connectivity index (χ3v) is 8.76. The van der Waals surface area contributed by atoms with Crippen LogP contribution in [0.1, 0.15) is 75.6 Å². The number of rotatable bonds is 31. The lowest BCUT2D eigenvalue weighted by atomic mass is 10.1. The zero-order chi connectivity index (χ0) is 46.4. The van der Waals surface area contributed by atoms with E-state index in [0.717, 1.165) is 25.7 Å². The van der Waals surface area contributed by atoms with E-state index in [1.165, 1.54) is 0 Å². The second kappa shape index (κ2) is 38.6. The molecule has 0 aromatic carbocycles. The molecule has 6 amide bonds. The van der Waals surface area contributed by atoms with E-state index in [4.69, 9.17) is 12.2 Å². The van der Waals surface area contributed by atoms with Crippen LogP contribution in [0.5, 0.6) is 0 Å². The van der Waals surface area contributed by atoms with Crippen LogP contribution in [0, 0.1) is 4.51 Å². The van der Waals surface area contributed by atoms with E-state index in [-0.39, 0.29) is 68.2 Å². The van der Waals surface area contributed by atoms with Crippen molar-refractivity contribution in [2.75, 3.05) is 115 Å². The summed E-state index contributed by atoms with van der Waals surface area (Å²) in [7, 11) is 12.4. The van der Waals surface area contributed by atoms with Crippen LogP contribution in [0.25, 0.3) is 0 Å². The Kier molecular flexibility index (Phi) is 37.2. The number of aromatic nitrogens is 1. The standard InChI is InChI=1S/C36H65N11O6S.C3H7NO.C2H6/c1-37-16-9-7-13-28(43-32(49)25-45(3)4)34(51)41-18-11-21-47(36(53)27-23-39-20-15-30(27)54)22-12-19-42-35(52)29(44-33(50)26-46(5)6)14-8-10-17-40-31(48)24-38-2;1-4-2-3-5;1-2/h15,20,23,28-29,37-38H,7-14,16-19,21-22,24-26H2,1-6H3,(H,39,54)(H,40,48)(H,41,51)(H,42,52)(H,43,49)(H,44,50);3-4H,2H2,1H3;1-2H3/t28?,29-;;/m0../s1. The van der Waals surface area contributed by atoms with Crippen molar-refractivity contribution in [1.29, 1.82) is 0 Å². The molecule has 1 aromatic rings. The molecular weight excluding hydrogens is 805 g/mol. The number of aldehydes is 1. The minimum Gasteiger partial charge on any atom is -0.367 e. The van der Waals surface area contributed by atoms with E-state index in [2.05, 4.69) is 47.5 Å². The predicted molar refractivity (Wildman–Crippen MR) is 244 cm³/mol. The molecule has 1 heterocycles. The maximum absolute atomic E-state index is 13.6. The fraction of sp³-hybridized carbons (Fsp3) is 0.707. The quantitative estimate of drug-likeness (QED) is 0.0263. The van der Waals surface area contributed by atoms with Crippen LogP contribution in [0.4, 0.5) is 0 Å². The summed E-state index contributed by atoms with van der Waals surface area (Å²) in [5.74, 6) is -1.50. The molecule has 61 heavy (non-hydrogen) atoms. The lowest BCUT2D eigenvalue weighted by Crippen LogP contribution is -2.49. The van der Waals surface area contributed by atoms with Crippen LogP contribution in [0.15, 0.2) is 18.5 Å². The molecule has 0 saturated carbocycles. The third kappa shape index (κ3) is 31.2. The number of hydrogen-bond acceptors (Lipinski definition) is 13. The molecule has 0 aliphatic carbocycles. The fourth-order valence-corrected chi connectivity index (χ4v) is 5.74. The minimum absolute atomic E-state index is 0.112. The first-order valence-corrected chi connectivity index (χ1v) is 21.6. The number of pyridine rings is 1. The average Bonchev–Trinajstić information content (AvgIpc) is 3.21. The molecule has 1 unspecified atom stereocenters. The number of likely N-dealkylation sites (N-methyl/N-ethyl adjacent to an activating group) is 4. The molecule has 350 valence electrons. The molecule has 0 fully saturated rings. The van der Waals surface area contributed by atoms with Crippen molar-refractivity contribution in [3.63, 3.8) is 0 Å². The highest BCUT2D eigenvalue weighted by atomic mass is 32.1. The molecular formula is C41H78N12O7S. The van der Waals surface area contributed by atoms with E-state index in [1.807, 2.05) is 20.9 Å². The van der Waals surface area contributed by atoms with E-state index < -0.39 is 12.1 Å². The Hall–Kier alpha value is -4.34. The summed E-state index contributed by atoms with van der Waals surface area (Å²) in [5, 5.41) is 22.8. The molecule has 2 atom stereocenters. The van der Waals surface area contributed by atoms with E-state index in [0.29, 0.717) is 74.8 Å². The number of unbranched alkanes of at least 4 members (excludes halogenated alkanes) is 2. The van der Waals surface area contributed by atoms with Gasteiger partial charge in [-0.2, -0.15) is 0 Å². The second-order valence-corrected chi connectivity index (χ2v) is 14.9. The number of hydrogen-bond donors (Lipinski definition) is 9. The Labute approximate surface area is 369 Å². The Morgan fingerprint density at radius 1 is 0.672 bits per heavy atom. The van der Waals surface area contributed by atoms with Crippen molar-refractivity contribution >= 4 is 53.9 Å². The number of carbonyl (C=O) groups excluding carboxylic acids is 7. The molecule has 9 N–H and O–H groups in total. The summed E-state index contributed by atoms with van der Waals surface area (Å²) in [4.78, 5) is 94.0. The first-order chi connectivity index (χ1) is 29.2. The van der Waals surface area contributed by atoms with Gasteiger partial charge in [-0.05, 0) is 113 Å². The molecule has 0 bridgehead atoms. The van der Waals surface area contributed by atoms with Gasteiger partial charge in [-0.3, -0.25) is 28.8 Å². The zero-order valence-electron chi connectivity index (χ0n) is 38.3. The maximum atomic E-state index is 13.6. The number of nitrogens with one attached hydrogen (secondary N) is 9. The Balaban J connectivity index is 0. The van der Waals surface area contributed by atoms with Crippen molar-refractivity contribution in [1.82, 2.24) is 62.2 Å². The van der Waals surface area contributed by atoms with E-state index in [9.17, 15) is 33.6 Å². The predicted octanol–water partition coefficient (Wildman–Crippen LogP) is -0.382. The first-order valence-electron chi connectivity index (χ1n) is 21.2. The van der Waals surface area contributed by atoms with Crippen molar-refractivity contribution in [2.24, 2.45) is 0 Å². The minimum atomic E-state index is -0.755. The lowest BCUT2D eigenvalue weighted by Gasteiger charge is -2.24. The average molecular weight is 883 g/mol. The van der Waals surface area contributed by atoms with Crippen molar-refractivity contribution in [3.05, 3.63) is 28.5 Å². The van der Waals surface area contributed by atoms with Crippen LogP contribution in [-0.4, -0.2) is 188 Å². The van der Waals surface area contributed by atoms with Crippen molar-refractivity contribution < 1.29 is 33.6 Å². The summed E-state index contributed by atoms with van der Waals surface area (Å²) in [6.45, 7) is 7.40. The van der Waals surface area contributed by atoms with Gasteiger partial charge < -0.3 is 67.0 Å². The molecule has 20 heteroatoms. The molecule has 0 saturated heterocycles. The van der Waals surface area contributed by atoms with Crippen LogP contribution in [0.3, 0.4) is 0 Å². The highest BCUT2D eigenvalue weighted by Gasteiger charge is 2.23. The van der Waals surface area contributed by atoms with Crippen molar-refractivity contribution in [2.45, 2.75) is 77.3 Å². The Bertz CT molecular complexity index is 1450. The van der Waals surface area contributed by atoms with Gasteiger partial charge in [0.25, 0.3) is 5.91 Å². The van der Waals surface area contributed by atoms with Gasteiger partial charge in [0.15, 0.2) is 0 Å². The summed E-state index contributed by atoms with van der Waals surface area (Å²) in [5.41, 5.74) is 0.344. The van der Waals surface area contributed by atoms with Crippen LogP contribution < -0.4 is 42.5 Å². The molecule has 1 rings (SSSR count). The summed E-state index contributed by atoms with van der Waals surface area (Å²) < 4.78 is 0.401. The number of carbonyl (C=O) groups is 7. The first kappa shape index (κ1) is 58.8. The van der Waals surface area contributed by atoms with Crippen molar-refractivity contribution in [3.8, 4) is 0 Å². The largest absolute Gasteiger partial charge is 0.367 e. The van der Waals surface area contributed by atoms with E-state index in [1.54, 1.807) is 75.4 Å². The number of H-pyrrole nitrogens is 1. The molecule has 0 aliphatic heterocycles. The molecule has 19 nitrogen and oxygen atoms in total. The Morgan fingerprint density at radius 3 is 1.57 bits per heavy atom. The van der Waals surface area contributed by atoms with Gasteiger partial charge in [0, 0.05) is 45.1 Å². The van der Waals surface area contributed by atoms with Gasteiger partial charge >= 0.3 is 0 Å². The topological polar surface area (TPSA) is 241 Å². The Morgan fingerprint density at radius 2 is 1.16 bits per heavy atom. The third-order valence-electron chi connectivity index (χ3n) is 8.41. The monoisotopic (exact) mass is 883 g/mol. The van der Waals surface area contributed by atoms with Crippen LogP contribution in [-0.2, 0) is 28.8 Å². The summed E-state index contributed by atoms with van der Waals surface area (Å²) in [6, 6.07) is 0.219. The van der Waals surface area contributed by atoms with Crippen LogP contribution >= 0.6 is 12.2 Å². The van der Waals surface area contributed by atoms with Gasteiger partial charge in [-0.15, -0.1) is 0 Å². The summed E-state index contributed by atoms with van der Waals surface area (Å²) >= 11 is 5.41. The lowest BCUT2D eigenvalue weighted by molar-refractivity contribution is -0.129. The highest BCUT2D eigenvalue weighted by molar-refractivity contribution is 7.71. The normalized spacial score (nSPS) is 11.5. The maximum Gasteiger partial charge on any atom is 0.256 e. The number of aromatic amines is 1. The van der Waals surface area contributed by atoms with Crippen LogP contribution in [0.2, 0.25) is 0 Å². The molecule has 0 spiro atoms. The smallest absolute Gasteiger partial charge is 0.256 e. The molecule has 1 aromatic heterocycles. The van der Waals surface area contributed by atoms with Gasteiger partial charge in [-0.1, -0.05) is 26.1 Å². The van der Waals surface area contributed by atoms with Gasteiger partial charge in [0.05, 0.1) is 36.3 Å². The fourth-order valence-electron chi connectivity index (χ4n) is 5.53. The van der Waals surface area contributed by atoms with Gasteiger partial charge in [0.2, 0.25) is 29.5 Å². The summed E-state index contributed by atoms with van der Waals surface area (Å²) in [6.07, 6.45) is 8.68. The molecule has 0 aliphatic rings. The zero-order valence-corrected chi connectivity index (χ0v) is 39.1. The van der Waals surface area contributed by atoms with Gasteiger partial charge in [0.1, 0.15) is 18.4 Å². The van der Waals surface area contributed by atoms with Gasteiger partial charge in [-0.25, -0.2) is 0 Å².